The first-order valence-corrected chi connectivity index (χ1v) is 5.00. The number of hydrogen-bond donors (Lipinski definition) is 0. The molecule has 0 aromatic carbocycles. The summed E-state index contributed by atoms with van der Waals surface area (Å²) in [5.74, 6) is -0.373. The van der Waals surface area contributed by atoms with Gasteiger partial charge in [0, 0.05) is 13.1 Å². The SMILES string of the molecule is CCCCN(CCCC)C(=O)C=O. The van der Waals surface area contributed by atoms with Crippen molar-refractivity contribution in [2.75, 3.05) is 13.1 Å². The Labute approximate surface area is 80.1 Å². The molecule has 0 aliphatic heterocycles. The standard InChI is InChI=1S/C10H19NO2/c1-3-5-7-11(8-6-4-2)10(13)9-12/h9H,3-8H2,1-2H3. The highest BCUT2D eigenvalue weighted by Gasteiger charge is 2.09. The van der Waals surface area contributed by atoms with Crippen LogP contribution < -0.4 is 0 Å². The molecular formula is C10H19NO2. The average Bonchev–Trinajstić information content (AvgIpc) is 2.17. The second-order valence-corrected chi connectivity index (χ2v) is 3.15. The minimum atomic E-state index is -0.373. The normalized spacial score (nSPS) is 9.69. The number of rotatable bonds is 7. The van der Waals surface area contributed by atoms with Gasteiger partial charge in [-0.15, -0.1) is 0 Å². The van der Waals surface area contributed by atoms with Gasteiger partial charge in [-0.25, -0.2) is 0 Å². The molecular weight excluding hydrogens is 166 g/mol. The molecule has 0 spiro atoms. The maximum atomic E-state index is 11.1. The monoisotopic (exact) mass is 185 g/mol. The summed E-state index contributed by atoms with van der Waals surface area (Å²) in [6.07, 6.45) is 4.46. The molecule has 0 bridgehead atoms. The highest BCUT2D eigenvalue weighted by Crippen LogP contribution is 1.98. The van der Waals surface area contributed by atoms with Crippen LogP contribution in [0.4, 0.5) is 0 Å². The summed E-state index contributed by atoms with van der Waals surface area (Å²) in [5.41, 5.74) is 0. The molecule has 0 saturated heterocycles. The van der Waals surface area contributed by atoms with E-state index in [0.29, 0.717) is 19.4 Å². The lowest BCUT2D eigenvalue weighted by Gasteiger charge is -2.19. The molecule has 0 rings (SSSR count). The molecule has 0 N–H and O–H groups in total. The highest BCUT2D eigenvalue weighted by molar-refractivity contribution is 6.23. The fourth-order valence-electron chi connectivity index (χ4n) is 1.10. The number of hydrogen-bond acceptors (Lipinski definition) is 2. The van der Waals surface area contributed by atoms with Crippen molar-refractivity contribution in [3.05, 3.63) is 0 Å². The molecule has 0 aromatic rings. The van der Waals surface area contributed by atoms with Gasteiger partial charge in [0.1, 0.15) is 0 Å². The van der Waals surface area contributed by atoms with Crippen molar-refractivity contribution in [2.45, 2.75) is 39.5 Å². The molecule has 1 amide bonds. The molecule has 76 valence electrons. The van der Waals surface area contributed by atoms with Gasteiger partial charge in [-0.3, -0.25) is 9.59 Å². The maximum Gasteiger partial charge on any atom is 0.286 e. The summed E-state index contributed by atoms with van der Waals surface area (Å²) in [6, 6.07) is 0. The molecule has 0 saturated carbocycles. The molecule has 3 heteroatoms. The lowest BCUT2D eigenvalue weighted by molar-refractivity contribution is -0.138. The lowest BCUT2D eigenvalue weighted by Crippen LogP contribution is -2.33. The van der Waals surface area contributed by atoms with Crippen LogP contribution in [0.25, 0.3) is 0 Å². The Morgan fingerprint density at radius 1 is 1.15 bits per heavy atom. The highest BCUT2D eigenvalue weighted by atomic mass is 16.2. The first-order valence-electron chi connectivity index (χ1n) is 5.00. The number of nitrogens with zero attached hydrogens (tertiary/aromatic N) is 1. The third kappa shape index (κ3) is 5.39. The van der Waals surface area contributed by atoms with Crippen LogP contribution in [0.2, 0.25) is 0 Å². The van der Waals surface area contributed by atoms with Crippen LogP contribution in [0.1, 0.15) is 39.5 Å². The van der Waals surface area contributed by atoms with E-state index >= 15 is 0 Å². The van der Waals surface area contributed by atoms with Gasteiger partial charge in [-0.05, 0) is 12.8 Å². The number of carbonyl (C=O) groups excluding carboxylic acids is 2. The fourth-order valence-corrected chi connectivity index (χ4v) is 1.10. The Kier molecular flexibility index (Phi) is 7.26. The molecule has 0 fully saturated rings. The second-order valence-electron chi connectivity index (χ2n) is 3.15. The van der Waals surface area contributed by atoms with Gasteiger partial charge in [0.2, 0.25) is 6.29 Å². The third-order valence-electron chi connectivity index (χ3n) is 1.98. The zero-order valence-electron chi connectivity index (χ0n) is 8.58. The second kappa shape index (κ2) is 7.77. The van der Waals surface area contributed by atoms with E-state index in [1.807, 2.05) is 0 Å². The molecule has 0 radical (unpaired) electrons. The fraction of sp³-hybridized carbons (Fsp3) is 0.800. The zero-order chi connectivity index (χ0) is 10.1. The van der Waals surface area contributed by atoms with Crippen LogP contribution >= 0.6 is 0 Å². The van der Waals surface area contributed by atoms with Gasteiger partial charge < -0.3 is 4.90 Å². The number of aldehydes is 1. The van der Waals surface area contributed by atoms with Crippen LogP contribution in [0.3, 0.4) is 0 Å². The van der Waals surface area contributed by atoms with E-state index in [1.165, 1.54) is 0 Å². The van der Waals surface area contributed by atoms with Gasteiger partial charge in [0.15, 0.2) is 0 Å². The molecule has 13 heavy (non-hydrogen) atoms. The van der Waals surface area contributed by atoms with Crippen LogP contribution in [-0.2, 0) is 9.59 Å². The Balaban J connectivity index is 3.86. The number of carbonyl (C=O) groups is 2. The summed E-state index contributed by atoms with van der Waals surface area (Å²) in [6.45, 7) is 5.58. The predicted molar refractivity (Wildman–Crippen MR) is 52.5 cm³/mol. The first kappa shape index (κ1) is 12.1. The van der Waals surface area contributed by atoms with Gasteiger partial charge in [0.25, 0.3) is 5.91 Å². The molecule has 3 nitrogen and oxygen atoms in total. The molecule has 0 aliphatic carbocycles. The van der Waals surface area contributed by atoms with Crippen LogP contribution in [0, 0.1) is 0 Å². The lowest BCUT2D eigenvalue weighted by atomic mass is 10.2. The van der Waals surface area contributed by atoms with E-state index in [-0.39, 0.29) is 5.91 Å². The summed E-state index contributed by atoms with van der Waals surface area (Å²) >= 11 is 0. The quantitative estimate of drug-likeness (QED) is 0.446. The van der Waals surface area contributed by atoms with Crippen molar-refractivity contribution < 1.29 is 9.59 Å². The topological polar surface area (TPSA) is 37.4 Å². The summed E-state index contributed by atoms with van der Waals surface area (Å²) < 4.78 is 0. The van der Waals surface area contributed by atoms with Crippen molar-refractivity contribution in [1.29, 1.82) is 0 Å². The molecule has 0 atom stereocenters. The minimum absolute atomic E-state index is 0.373. The van der Waals surface area contributed by atoms with Crippen molar-refractivity contribution in [2.24, 2.45) is 0 Å². The van der Waals surface area contributed by atoms with E-state index < -0.39 is 0 Å². The van der Waals surface area contributed by atoms with Crippen molar-refractivity contribution in [3.8, 4) is 0 Å². The van der Waals surface area contributed by atoms with Crippen molar-refractivity contribution in [3.63, 3.8) is 0 Å². The summed E-state index contributed by atoms with van der Waals surface area (Å²) in [7, 11) is 0. The molecule has 0 heterocycles. The van der Waals surface area contributed by atoms with E-state index in [0.717, 1.165) is 25.7 Å². The Hall–Kier alpha value is -0.860. The summed E-state index contributed by atoms with van der Waals surface area (Å²) in [5, 5.41) is 0. The van der Waals surface area contributed by atoms with Crippen molar-refractivity contribution >= 4 is 12.2 Å². The van der Waals surface area contributed by atoms with Crippen LogP contribution in [0.15, 0.2) is 0 Å². The van der Waals surface area contributed by atoms with Gasteiger partial charge in [-0.2, -0.15) is 0 Å². The zero-order valence-corrected chi connectivity index (χ0v) is 8.58. The Morgan fingerprint density at radius 3 is 1.92 bits per heavy atom. The first-order chi connectivity index (χ1) is 6.26. The third-order valence-corrected chi connectivity index (χ3v) is 1.98. The Bertz CT molecular complexity index is 149. The smallest absolute Gasteiger partial charge is 0.286 e. The summed E-state index contributed by atoms with van der Waals surface area (Å²) in [4.78, 5) is 23.0. The van der Waals surface area contributed by atoms with Gasteiger partial charge in [0.05, 0.1) is 0 Å². The van der Waals surface area contributed by atoms with Gasteiger partial charge in [-0.1, -0.05) is 26.7 Å². The maximum absolute atomic E-state index is 11.1. The van der Waals surface area contributed by atoms with E-state index in [9.17, 15) is 9.59 Å². The van der Waals surface area contributed by atoms with Crippen molar-refractivity contribution in [1.82, 2.24) is 4.90 Å². The number of amides is 1. The van der Waals surface area contributed by atoms with Crippen LogP contribution in [0.5, 0.6) is 0 Å². The largest absolute Gasteiger partial charge is 0.336 e. The van der Waals surface area contributed by atoms with E-state index in [1.54, 1.807) is 4.90 Å². The van der Waals surface area contributed by atoms with Crippen LogP contribution in [-0.4, -0.2) is 30.2 Å². The van der Waals surface area contributed by atoms with Gasteiger partial charge >= 0.3 is 0 Å². The average molecular weight is 185 g/mol. The number of unbranched alkanes of at least 4 members (excludes halogenated alkanes) is 2. The molecule has 0 aromatic heterocycles. The Morgan fingerprint density at radius 2 is 1.62 bits per heavy atom. The van der Waals surface area contributed by atoms with E-state index in [4.69, 9.17) is 0 Å². The minimum Gasteiger partial charge on any atom is -0.336 e. The molecule has 0 unspecified atom stereocenters. The molecule has 0 aliphatic rings. The van der Waals surface area contributed by atoms with E-state index in [2.05, 4.69) is 13.8 Å². The predicted octanol–water partition coefficient (Wildman–Crippen LogP) is 1.61.